The van der Waals surface area contributed by atoms with Crippen molar-refractivity contribution in [2.45, 2.75) is 71.8 Å². The first kappa shape index (κ1) is 30.9. The van der Waals surface area contributed by atoms with Crippen molar-refractivity contribution in [1.29, 1.82) is 0 Å². The number of hydrogen-bond donors (Lipinski definition) is 2. The van der Waals surface area contributed by atoms with Crippen LogP contribution in [0.4, 0.5) is 4.79 Å². The summed E-state index contributed by atoms with van der Waals surface area (Å²) in [7, 11) is 4.14. The maximum atomic E-state index is 13.2. The lowest BCUT2D eigenvalue weighted by Crippen LogP contribution is -2.64. The molecule has 2 aromatic carbocycles. The molecule has 3 rings (SSSR count). The molecule has 1 aliphatic heterocycles. The molecule has 2 unspecified atom stereocenters. The van der Waals surface area contributed by atoms with E-state index < -0.39 is 28.7 Å². The zero-order valence-corrected chi connectivity index (χ0v) is 23.8. The van der Waals surface area contributed by atoms with Crippen LogP contribution < -0.4 is 10.6 Å². The van der Waals surface area contributed by atoms with Gasteiger partial charge in [0.05, 0.1) is 5.41 Å². The lowest BCUT2D eigenvalue weighted by Gasteiger charge is -2.37. The van der Waals surface area contributed by atoms with Crippen molar-refractivity contribution in [3.63, 3.8) is 0 Å². The highest BCUT2D eigenvalue weighted by Gasteiger charge is 2.51. The molecule has 1 fully saturated rings. The van der Waals surface area contributed by atoms with Crippen LogP contribution in [0.3, 0.4) is 0 Å². The maximum Gasteiger partial charge on any atom is 0.328 e. The first-order chi connectivity index (χ1) is 18.0. The van der Waals surface area contributed by atoms with Gasteiger partial charge in [-0.05, 0) is 50.9 Å². The minimum Gasteiger partial charge on any atom is -0.307 e. The Hall–Kier alpha value is -3.32. The van der Waals surface area contributed by atoms with Crippen molar-refractivity contribution in [3.05, 3.63) is 71.8 Å². The average Bonchev–Trinajstić information content (AvgIpc) is 2.92. The molecule has 0 radical (unpaired) electrons. The minimum atomic E-state index is -1.09. The normalized spacial score (nSPS) is 16.6. The molecule has 4 amide bonds. The monoisotopic (exact) mass is 521 g/mol. The first-order valence-electron chi connectivity index (χ1n) is 13.5. The Morgan fingerprint density at radius 3 is 1.63 bits per heavy atom. The fourth-order valence-electron chi connectivity index (χ4n) is 5.24. The Morgan fingerprint density at radius 2 is 1.29 bits per heavy atom. The molecule has 0 aromatic heterocycles. The third kappa shape index (κ3) is 6.21. The lowest BCUT2D eigenvalue weighted by atomic mass is 9.67. The number of urea groups is 1. The van der Waals surface area contributed by atoms with Gasteiger partial charge in [0.15, 0.2) is 0 Å². The zero-order chi connectivity index (χ0) is 28.5. The molecule has 2 aromatic rings. The van der Waals surface area contributed by atoms with Gasteiger partial charge in [0, 0.05) is 12.5 Å². The number of carbonyl (C=O) groups excluding carboxylic acids is 4. The number of hydrogen-bond acceptors (Lipinski definition) is 5. The molecular weight excluding hydrogens is 478 g/mol. The fourth-order valence-corrected chi connectivity index (χ4v) is 5.24. The number of carbonyl (C=O) groups is 4. The summed E-state index contributed by atoms with van der Waals surface area (Å²) in [5.41, 5.74) is 0.502. The summed E-state index contributed by atoms with van der Waals surface area (Å²) < 4.78 is 0. The van der Waals surface area contributed by atoms with E-state index in [1.807, 2.05) is 57.2 Å². The molecule has 0 spiro atoms. The highest BCUT2D eigenvalue weighted by atomic mass is 16.2. The second kappa shape index (κ2) is 13.5. The number of Topliss-reactive ketones (excluding diaryl/α,β-unsaturated/α-hetero) is 1. The van der Waals surface area contributed by atoms with E-state index in [4.69, 9.17) is 0 Å². The fraction of sp³-hybridized carbons (Fsp3) is 0.484. The van der Waals surface area contributed by atoms with Crippen LogP contribution in [0.1, 0.15) is 71.4 Å². The van der Waals surface area contributed by atoms with Gasteiger partial charge >= 0.3 is 6.03 Å². The van der Waals surface area contributed by atoms with Crippen molar-refractivity contribution in [2.24, 2.45) is 11.3 Å². The predicted molar refractivity (Wildman–Crippen MR) is 151 cm³/mol. The number of ketones is 1. The molecular formula is C31H43N3O4. The smallest absolute Gasteiger partial charge is 0.307 e. The molecule has 7 heteroatoms. The van der Waals surface area contributed by atoms with E-state index in [1.165, 1.54) is 0 Å². The molecule has 0 saturated carbocycles. The van der Waals surface area contributed by atoms with Crippen LogP contribution in [0, 0.1) is 11.3 Å². The molecule has 206 valence electrons. The largest absolute Gasteiger partial charge is 0.328 e. The highest BCUT2D eigenvalue weighted by molar-refractivity contribution is 6.19. The number of nitrogens with one attached hydrogen (secondary N) is 2. The number of benzene rings is 2. The van der Waals surface area contributed by atoms with Crippen molar-refractivity contribution < 1.29 is 19.2 Å². The third-order valence-corrected chi connectivity index (χ3v) is 8.09. The van der Waals surface area contributed by atoms with E-state index in [2.05, 4.69) is 60.8 Å². The van der Waals surface area contributed by atoms with E-state index in [1.54, 1.807) is 6.92 Å². The molecule has 1 saturated heterocycles. The summed E-state index contributed by atoms with van der Waals surface area (Å²) in [6.07, 6.45) is 2.42. The lowest BCUT2D eigenvalue weighted by molar-refractivity contribution is -0.148. The predicted octanol–water partition coefficient (Wildman–Crippen LogP) is 5.09. The van der Waals surface area contributed by atoms with E-state index in [9.17, 15) is 19.2 Å². The van der Waals surface area contributed by atoms with Gasteiger partial charge in [-0.15, -0.1) is 0 Å². The van der Waals surface area contributed by atoms with Crippen LogP contribution in [0.25, 0.3) is 0 Å². The maximum absolute atomic E-state index is 13.2. The van der Waals surface area contributed by atoms with Gasteiger partial charge in [-0.25, -0.2) is 4.79 Å². The number of nitrogens with zero attached hydrogens (tertiary/aromatic N) is 1. The standard InChI is InChI=1S/C21H27NO.C10H16N2O3/c1-5-20(23)21(16-17(2)22(3)4,18-12-8-6-9-13-18)19-14-10-7-11-15-19;1-4-6(3)10(5-2)7(13)11-9(15)12-8(10)14/h6-15,17H,5,16H2,1-4H3;6H,4-5H2,1-3H3,(H2,11,12,13,14,15). The van der Waals surface area contributed by atoms with Gasteiger partial charge in [-0.1, -0.05) is 94.8 Å². The quantitative estimate of drug-likeness (QED) is 0.425. The molecule has 0 bridgehead atoms. The second-order valence-corrected chi connectivity index (χ2v) is 10.3. The molecule has 7 nitrogen and oxygen atoms in total. The van der Waals surface area contributed by atoms with Gasteiger partial charge in [0.25, 0.3) is 0 Å². The Balaban J connectivity index is 0.000000293. The summed E-state index contributed by atoms with van der Waals surface area (Å²) in [6, 6.07) is 20.0. The minimum absolute atomic E-state index is 0.0874. The van der Waals surface area contributed by atoms with Crippen molar-refractivity contribution in [2.75, 3.05) is 14.1 Å². The average molecular weight is 522 g/mol. The second-order valence-electron chi connectivity index (χ2n) is 10.3. The molecule has 1 aliphatic rings. The number of imide groups is 2. The van der Waals surface area contributed by atoms with Crippen molar-refractivity contribution in [3.8, 4) is 0 Å². The van der Waals surface area contributed by atoms with Crippen molar-refractivity contribution in [1.82, 2.24) is 15.5 Å². The van der Waals surface area contributed by atoms with E-state index in [-0.39, 0.29) is 11.7 Å². The van der Waals surface area contributed by atoms with E-state index >= 15 is 0 Å². The van der Waals surface area contributed by atoms with Crippen LogP contribution in [-0.4, -0.2) is 48.7 Å². The van der Waals surface area contributed by atoms with E-state index in [0.717, 1.165) is 17.5 Å². The summed E-state index contributed by atoms with van der Waals surface area (Å²) in [5.74, 6) is -0.764. The van der Waals surface area contributed by atoms with Gasteiger partial charge in [-0.3, -0.25) is 25.0 Å². The van der Waals surface area contributed by atoms with Crippen LogP contribution in [0.2, 0.25) is 0 Å². The van der Waals surface area contributed by atoms with Gasteiger partial charge < -0.3 is 4.90 Å². The van der Waals surface area contributed by atoms with Gasteiger partial charge in [0.1, 0.15) is 11.2 Å². The Labute approximate surface area is 227 Å². The molecule has 38 heavy (non-hydrogen) atoms. The van der Waals surface area contributed by atoms with Gasteiger partial charge in [-0.2, -0.15) is 0 Å². The van der Waals surface area contributed by atoms with Crippen molar-refractivity contribution >= 4 is 23.6 Å². The number of rotatable bonds is 10. The Morgan fingerprint density at radius 1 is 0.842 bits per heavy atom. The first-order valence-corrected chi connectivity index (χ1v) is 13.5. The van der Waals surface area contributed by atoms with Gasteiger partial charge in [0.2, 0.25) is 11.8 Å². The summed E-state index contributed by atoms with van der Waals surface area (Å²) >= 11 is 0. The molecule has 2 N–H and O–H groups in total. The highest BCUT2D eigenvalue weighted by Crippen LogP contribution is 2.39. The SMILES string of the molecule is CCC(=O)C(CC(C)N(C)C)(c1ccccc1)c1ccccc1.CCC(C)C1(CC)C(=O)NC(=O)NC1=O. The van der Waals surface area contributed by atoms with E-state index in [0.29, 0.717) is 25.3 Å². The zero-order valence-electron chi connectivity index (χ0n) is 23.8. The van der Waals surface area contributed by atoms with Crippen LogP contribution in [-0.2, 0) is 19.8 Å². The van der Waals surface area contributed by atoms with Crippen LogP contribution >= 0.6 is 0 Å². The molecule has 1 heterocycles. The third-order valence-electron chi connectivity index (χ3n) is 8.09. The topological polar surface area (TPSA) is 95.6 Å². The summed E-state index contributed by atoms with van der Waals surface area (Å²) in [4.78, 5) is 49.8. The Bertz CT molecular complexity index is 1040. The van der Waals surface area contributed by atoms with Crippen LogP contribution in [0.15, 0.2) is 60.7 Å². The van der Waals surface area contributed by atoms with Crippen LogP contribution in [0.5, 0.6) is 0 Å². The molecule has 0 aliphatic carbocycles. The molecule has 2 atom stereocenters. The number of amides is 4. The number of barbiturate groups is 1. The summed E-state index contributed by atoms with van der Waals surface area (Å²) in [5, 5.41) is 4.31. The summed E-state index contributed by atoms with van der Waals surface area (Å²) in [6.45, 7) is 9.69. The Kier molecular flexibility index (Phi) is 11.0.